The van der Waals surface area contributed by atoms with E-state index in [-0.39, 0.29) is 23.7 Å². The van der Waals surface area contributed by atoms with E-state index >= 15 is 0 Å². The molecule has 2 fully saturated rings. The van der Waals surface area contributed by atoms with Crippen LogP contribution in [0.2, 0.25) is 0 Å². The van der Waals surface area contributed by atoms with Gasteiger partial charge < -0.3 is 10.2 Å². The number of nitrogens with one attached hydrogen (secondary N) is 1. The number of hydrogen-bond acceptors (Lipinski definition) is 4. The van der Waals surface area contributed by atoms with Gasteiger partial charge in [-0.15, -0.1) is 0 Å². The normalized spacial score (nSPS) is 36.3. The minimum absolute atomic E-state index is 0.0748. The molecule has 0 aromatic heterocycles. The topological polar surface area (TPSA) is 66.5 Å². The predicted octanol–water partition coefficient (Wildman–Crippen LogP) is 0.163. The van der Waals surface area contributed by atoms with Gasteiger partial charge in [0, 0.05) is 25.2 Å². The van der Waals surface area contributed by atoms with Crippen LogP contribution in [0.5, 0.6) is 0 Å². The number of carbonyl (C=O) groups excluding carboxylic acids is 1. The maximum absolute atomic E-state index is 12.4. The zero-order valence-electron chi connectivity index (χ0n) is 11.1. The molecule has 3 unspecified atom stereocenters. The highest BCUT2D eigenvalue weighted by atomic mass is 32.2. The van der Waals surface area contributed by atoms with E-state index < -0.39 is 15.1 Å². The summed E-state index contributed by atoms with van der Waals surface area (Å²) in [7, 11) is -3.22. The fraction of sp³-hybridized carbons (Fsp3) is 0.917. The van der Waals surface area contributed by atoms with Crippen molar-refractivity contribution in [3.05, 3.63) is 0 Å². The average molecular weight is 274 g/mol. The lowest BCUT2D eigenvalue weighted by atomic mass is 10.1. The van der Waals surface area contributed by atoms with Gasteiger partial charge in [0.05, 0.1) is 5.75 Å². The largest absolute Gasteiger partial charge is 0.336 e. The molecule has 6 heteroatoms. The Balaban J connectivity index is 2.14. The van der Waals surface area contributed by atoms with Gasteiger partial charge in [0.15, 0.2) is 9.84 Å². The lowest BCUT2D eigenvalue weighted by Crippen LogP contribution is -2.59. The van der Waals surface area contributed by atoms with Crippen LogP contribution in [-0.4, -0.2) is 55.4 Å². The van der Waals surface area contributed by atoms with Crippen LogP contribution in [0.15, 0.2) is 0 Å². The molecular formula is C12H22N2O3S. The van der Waals surface area contributed by atoms with Gasteiger partial charge in [-0.2, -0.15) is 0 Å². The molecule has 2 rings (SSSR count). The van der Waals surface area contributed by atoms with Gasteiger partial charge in [0.2, 0.25) is 5.91 Å². The Labute approximate surface area is 109 Å². The molecule has 18 heavy (non-hydrogen) atoms. The first-order valence-electron chi connectivity index (χ1n) is 6.67. The molecule has 0 spiro atoms. The summed E-state index contributed by atoms with van der Waals surface area (Å²) in [5.74, 6) is -0.0186. The molecule has 2 aliphatic rings. The van der Waals surface area contributed by atoms with Crippen molar-refractivity contribution in [2.75, 3.05) is 18.8 Å². The van der Waals surface area contributed by atoms with Crippen LogP contribution in [0.1, 0.15) is 33.1 Å². The van der Waals surface area contributed by atoms with Crippen LogP contribution in [0, 0.1) is 0 Å². The number of nitrogens with zero attached hydrogens (tertiary/aromatic N) is 1. The van der Waals surface area contributed by atoms with Gasteiger partial charge in [-0.05, 0) is 26.7 Å². The second-order valence-corrected chi connectivity index (χ2v) is 7.80. The summed E-state index contributed by atoms with van der Waals surface area (Å²) in [6, 6.07) is 0.308. The van der Waals surface area contributed by atoms with Gasteiger partial charge in [0.1, 0.15) is 5.25 Å². The fourth-order valence-corrected chi connectivity index (χ4v) is 4.60. The predicted molar refractivity (Wildman–Crippen MR) is 70.1 cm³/mol. The van der Waals surface area contributed by atoms with Gasteiger partial charge in [-0.25, -0.2) is 8.42 Å². The Morgan fingerprint density at radius 3 is 2.67 bits per heavy atom. The molecule has 0 aromatic rings. The summed E-state index contributed by atoms with van der Waals surface area (Å²) >= 11 is 0. The van der Waals surface area contributed by atoms with E-state index in [0.717, 1.165) is 13.0 Å². The Bertz CT molecular complexity index is 421. The van der Waals surface area contributed by atoms with E-state index in [4.69, 9.17) is 0 Å². The quantitative estimate of drug-likeness (QED) is 0.740. The lowest BCUT2D eigenvalue weighted by Gasteiger charge is -2.39. The zero-order chi connectivity index (χ0) is 13.3. The van der Waals surface area contributed by atoms with Gasteiger partial charge >= 0.3 is 0 Å². The summed E-state index contributed by atoms with van der Waals surface area (Å²) < 4.78 is 24.0. The van der Waals surface area contributed by atoms with E-state index in [1.807, 2.05) is 13.8 Å². The monoisotopic (exact) mass is 274 g/mol. The number of hydrogen-bond donors (Lipinski definition) is 1. The van der Waals surface area contributed by atoms with Crippen molar-refractivity contribution in [2.24, 2.45) is 0 Å². The van der Waals surface area contributed by atoms with E-state index in [9.17, 15) is 13.2 Å². The first-order chi connectivity index (χ1) is 8.42. The number of rotatable bonds is 1. The van der Waals surface area contributed by atoms with Crippen molar-refractivity contribution < 1.29 is 13.2 Å². The summed E-state index contributed by atoms with van der Waals surface area (Å²) in [6.07, 6.45) is 2.03. The minimum atomic E-state index is -3.22. The Kier molecular flexibility index (Phi) is 3.96. The van der Waals surface area contributed by atoms with E-state index in [1.54, 1.807) is 4.90 Å². The molecule has 5 nitrogen and oxygen atoms in total. The van der Waals surface area contributed by atoms with Crippen LogP contribution in [0.25, 0.3) is 0 Å². The highest BCUT2D eigenvalue weighted by Crippen LogP contribution is 2.23. The Morgan fingerprint density at radius 2 is 2.00 bits per heavy atom. The van der Waals surface area contributed by atoms with E-state index in [1.165, 1.54) is 0 Å². The molecule has 2 heterocycles. The van der Waals surface area contributed by atoms with Crippen LogP contribution in [0.3, 0.4) is 0 Å². The first-order valence-corrected chi connectivity index (χ1v) is 8.39. The van der Waals surface area contributed by atoms with Gasteiger partial charge in [-0.3, -0.25) is 4.79 Å². The third-order valence-corrected chi connectivity index (χ3v) is 6.06. The molecule has 0 saturated carbocycles. The van der Waals surface area contributed by atoms with Crippen LogP contribution < -0.4 is 5.32 Å². The van der Waals surface area contributed by atoms with Crippen molar-refractivity contribution in [1.29, 1.82) is 0 Å². The third kappa shape index (κ3) is 2.69. The van der Waals surface area contributed by atoms with Crippen LogP contribution in [0.4, 0.5) is 0 Å². The number of amides is 1. The second-order valence-electron chi connectivity index (χ2n) is 5.50. The highest BCUT2D eigenvalue weighted by molar-refractivity contribution is 7.92. The smallest absolute Gasteiger partial charge is 0.241 e. The number of piperazine rings is 1. The third-order valence-electron chi connectivity index (χ3n) is 3.90. The van der Waals surface area contributed by atoms with Crippen molar-refractivity contribution in [2.45, 2.75) is 50.4 Å². The van der Waals surface area contributed by atoms with E-state index in [0.29, 0.717) is 19.4 Å². The molecule has 0 aliphatic carbocycles. The van der Waals surface area contributed by atoms with Crippen molar-refractivity contribution in [3.8, 4) is 0 Å². The van der Waals surface area contributed by atoms with Crippen LogP contribution in [-0.2, 0) is 14.6 Å². The molecule has 104 valence electrons. The fourth-order valence-electron chi connectivity index (χ4n) is 2.75. The molecule has 2 saturated heterocycles. The molecule has 0 bridgehead atoms. The summed E-state index contributed by atoms with van der Waals surface area (Å²) in [6.45, 7) is 5.32. The standard InChI is InChI=1S/C12H22N2O3S/c1-9-8-14(10(2)7-13-9)12(15)11-5-3-4-6-18(11,16)17/h9-11,13H,3-8H2,1-2H3. The highest BCUT2D eigenvalue weighted by Gasteiger charge is 2.39. The Hall–Kier alpha value is -0.620. The average Bonchev–Trinajstić information content (AvgIpc) is 2.31. The summed E-state index contributed by atoms with van der Waals surface area (Å²) in [4.78, 5) is 14.2. The van der Waals surface area contributed by atoms with Gasteiger partial charge in [-0.1, -0.05) is 6.42 Å². The van der Waals surface area contributed by atoms with Crippen molar-refractivity contribution >= 4 is 15.7 Å². The maximum Gasteiger partial charge on any atom is 0.241 e. The lowest BCUT2D eigenvalue weighted by molar-refractivity contribution is -0.134. The summed E-state index contributed by atoms with van der Waals surface area (Å²) in [5, 5.41) is 2.50. The molecule has 1 N–H and O–H groups in total. The van der Waals surface area contributed by atoms with Gasteiger partial charge in [0.25, 0.3) is 0 Å². The van der Waals surface area contributed by atoms with Crippen molar-refractivity contribution in [1.82, 2.24) is 10.2 Å². The summed E-state index contributed by atoms with van der Waals surface area (Å²) in [5.41, 5.74) is 0. The molecule has 0 aromatic carbocycles. The van der Waals surface area contributed by atoms with Crippen LogP contribution >= 0.6 is 0 Å². The molecule has 1 amide bonds. The van der Waals surface area contributed by atoms with Crippen molar-refractivity contribution in [3.63, 3.8) is 0 Å². The molecular weight excluding hydrogens is 252 g/mol. The SMILES string of the molecule is CC1CN(C(=O)C2CCCCS2(=O)=O)C(C)CN1. The first kappa shape index (κ1) is 13.8. The number of sulfone groups is 1. The molecule has 2 aliphatic heterocycles. The zero-order valence-corrected chi connectivity index (χ0v) is 11.9. The minimum Gasteiger partial charge on any atom is -0.336 e. The maximum atomic E-state index is 12.4. The second kappa shape index (κ2) is 5.17. The van der Waals surface area contributed by atoms with E-state index in [2.05, 4.69) is 5.32 Å². The number of carbonyl (C=O) groups is 1. The molecule has 0 radical (unpaired) electrons. The Morgan fingerprint density at radius 1 is 1.28 bits per heavy atom. The molecule has 3 atom stereocenters.